The number of unbranched alkanes of at least 4 members (excludes halogenated alkanes) is 55. The molecule has 0 aromatic heterocycles. The van der Waals surface area contributed by atoms with Crippen LogP contribution in [0.5, 0.6) is 0 Å². The van der Waals surface area contributed by atoms with E-state index in [9.17, 15) is 19.8 Å². The van der Waals surface area contributed by atoms with Crippen LogP contribution in [0.3, 0.4) is 0 Å². The Morgan fingerprint density at radius 1 is 0.342 bits per heavy atom. The lowest BCUT2D eigenvalue weighted by atomic mass is 10.0. The Balaban J connectivity index is 3.33. The van der Waals surface area contributed by atoms with Crippen LogP contribution >= 0.6 is 0 Å². The molecule has 2 atom stereocenters. The summed E-state index contributed by atoms with van der Waals surface area (Å²) < 4.78 is 5.51. The molecule has 0 saturated carbocycles. The summed E-state index contributed by atoms with van der Waals surface area (Å²) in [4.78, 5) is 24.6. The molecule has 0 aromatic carbocycles. The van der Waals surface area contributed by atoms with Gasteiger partial charge in [-0.05, 0) is 57.8 Å². The van der Waals surface area contributed by atoms with Gasteiger partial charge in [-0.1, -0.05) is 359 Å². The van der Waals surface area contributed by atoms with Crippen molar-refractivity contribution in [3.8, 4) is 0 Å². The van der Waals surface area contributed by atoms with Crippen molar-refractivity contribution in [1.29, 1.82) is 0 Å². The summed E-state index contributed by atoms with van der Waals surface area (Å²) >= 11 is 0. The Kier molecular flexibility index (Phi) is 67.4. The number of hydrogen-bond acceptors (Lipinski definition) is 5. The first-order valence-corrected chi connectivity index (χ1v) is 36.1. The maximum atomic E-state index is 12.5. The van der Waals surface area contributed by atoms with E-state index in [1.165, 1.54) is 334 Å². The van der Waals surface area contributed by atoms with Gasteiger partial charge < -0.3 is 20.3 Å². The maximum absolute atomic E-state index is 12.5. The first kappa shape index (κ1) is 77.3. The third kappa shape index (κ3) is 65.4. The minimum Gasteiger partial charge on any atom is -0.466 e. The molecular formula is C73H141NO5. The van der Waals surface area contributed by atoms with E-state index in [1.54, 1.807) is 6.08 Å². The van der Waals surface area contributed by atoms with Crippen molar-refractivity contribution < 1.29 is 24.5 Å². The molecule has 0 aliphatic carbocycles. The highest BCUT2D eigenvalue weighted by Crippen LogP contribution is 2.19. The average Bonchev–Trinajstić information content (AvgIpc) is 3.45. The van der Waals surface area contributed by atoms with Crippen molar-refractivity contribution in [1.82, 2.24) is 5.32 Å². The van der Waals surface area contributed by atoms with Gasteiger partial charge in [0.2, 0.25) is 5.91 Å². The van der Waals surface area contributed by atoms with E-state index < -0.39 is 12.1 Å². The SMILES string of the molecule is CCCCCCCCC/C=C\CCCCCCCCCC(=O)OCCCCCCCCCCCCCCCCCCCCCCCCCCCCCCCCC(=O)NC(CO)C(O)/C=C/CCCCCCCCCCCCCC. The van der Waals surface area contributed by atoms with Crippen LogP contribution in [0.1, 0.15) is 406 Å². The molecule has 1 amide bonds. The van der Waals surface area contributed by atoms with Gasteiger partial charge in [-0.15, -0.1) is 0 Å². The molecule has 0 aliphatic rings. The van der Waals surface area contributed by atoms with E-state index in [-0.39, 0.29) is 18.5 Å². The number of aliphatic hydroxyl groups is 2. The highest BCUT2D eigenvalue weighted by atomic mass is 16.5. The number of hydrogen-bond donors (Lipinski definition) is 3. The fourth-order valence-electron chi connectivity index (χ4n) is 11.5. The molecule has 0 saturated heterocycles. The number of nitrogens with one attached hydrogen (secondary N) is 1. The molecule has 0 rings (SSSR count). The van der Waals surface area contributed by atoms with Crippen LogP contribution < -0.4 is 5.32 Å². The van der Waals surface area contributed by atoms with Crippen LogP contribution in [0.15, 0.2) is 24.3 Å². The second-order valence-electron chi connectivity index (χ2n) is 24.9. The molecule has 468 valence electrons. The zero-order valence-electron chi connectivity index (χ0n) is 53.6. The van der Waals surface area contributed by atoms with E-state index in [2.05, 4.69) is 31.3 Å². The lowest BCUT2D eigenvalue weighted by Crippen LogP contribution is -2.45. The van der Waals surface area contributed by atoms with Gasteiger partial charge in [-0.3, -0.25) is 9.59 Å². The summed E-state index contributed by atoms with van der Waals surface area (Å²) in [5.41, 5.74) is 0. The largest absolute Gasteiger partial charge is 0.466 e. The number of rotatable bonds is 68. The van der Waals surface area contributed by atoms with Crippen molar-refractivity contribution in [2.75, 3.05) is 13.2 Å². The van der Waals surface area contributed by atoms with Crippen molar-refractivity contribution in [3.63, 3.8) is 0 Å². The molecule has 0 spiro atoms. The van der Waals surface area contributed by atoms with Crippen LogP contribution in [-0.4, -0.2) is 47.4 Å². The molecule has 0 radical (unpaired) electrons. The summed E-state index contributed by atoms with van der Waals surface area (Å²) in [7, 11) is 0. The fraction of sp³-hybridized carbons (Fsp3) is 0.918. The average molecular weight is 1110 g/mol. The van der Waals surface area contributed by atoms with E-state index in [0.29, 0.717) is 19.4 Å². The molecule has 6 nitrogen and oxygen atoms in total. The zero-order chi connectivity index (χ0) is 57.1. The summed E-state index contributed by atoms with van der Waals surface area (Å²) in [5, 5.41) is 23.1. The van der Waals surface area contributed by atoms with E-state index in [1.807, 2.05) is 6.08 Å². The predicted octanol–water partition coefficient (Wildman–Crippen LogP) is 23.3. The van der Waals surface area contributed by atoms with Crippen molar-refractivity contribution in [3.05, 3.63) is 24.3 Å². The Hall–Kier alpha value is -1.66. The number of aliphatic hydroxyl groups excluding tert-OH is 2. The molecular weight excluding hydrogens is 971 g/mol. The van der Waals surface area contributed by atoms with Gasteiger partial charge in [0, 0.05) is 12.8 Å². The molecule has 0 aromatic rings. The lowest BCUT2D eigenvalue weighted by Gasteiger charge is -2.20. The number of esters is 1. The van der Waals surface area contributed by atoms with Crippen LogP contribution in [0.4, 0.5) is 0 Å². The number of ether oxygens (including phenoxy) is 1. The van der Waals surface area contributed by atoms with Gasteiger partial charge in [0.1, 0.15) is 0 Å². The Morgan fingerprint density at radius 2 is 0.595 bits per heavy atom. The van der Waals surface area contributed by atoms with Crippen molar-refractivity contribution >= 4 is 11.9 Å². The van der Waals surface area contributed by atoms with E-state index in [4.69, 9.17) is 4.74 Å². The summed E-state index contributed by atoms with van der Waals surface area (Å²) in [6, 6.07) is -0.624. The molecule has 3 N–H and O–H groups in total. The number of amides is 1. The summed E-state index contributed by atoms with van der Waals surface area (Å²) in [5.74, 6) is -0.0443. The zero-order valence-corrected chi connectivity index (χ0v) is 53.6. The van der Waals surface area contributed by atoms with Gasteiger partial charge in [0.15, 0.2) is 0 Å². The Morgan fingerprint density at radius 3 is 0.899 bits per heavy atom. The highest BCUT2D eigenvalue weighted by molar-refractivity contribution is 5.76. The number of carbonyl (C=O) groups is 2. The van der Waals surface area contributed by atoms with Gasteiger partial charge in [0.25, 0.3) is 0 Å². The first-order valence-electron chi connectivity index (χ1n) is 36.1. The molecule has 6 heteroatoms. The molecule has 79 heavy (non-hydrogen) atoms. The normalized spacial score (nSPS) is 12.6. The lowest BCUT2D eigenvalue weighted by molar-refractivity contribution is -0.143. The van der Waals surface area contributed by atoms with Crippen LogP contribution in [0.2, 0.25) is 0 Å². The quantitative estimate of drug-likeness (QED) is 0.0320. The third-order valence-corrected chi connectivity index (χ3v) is 17.0. The minimum absolute atomic E-state index is 0.0176. The Bertz CT molecular complexity index is 1230. The van der Waals surface area contributed by atoms with Gasteiger partial charge >= 0.3 is 5.97 Å². The smallest absolute Gasteiger partial charge is 0.305 e. The maximum Gasteiger partial charge on any atom is 0.305 e. The predicted molar refractivity (Wildman–Crippen MR) is 347 cm³/mol. The molecule has 0 fully saturated rings. The van der Waals surface area contributed by atoms with Crippen LogP contribution in [0, 0.1) is 0 Å². The van der Waals surface area contributed by atoms with E-state index >= 15 is 0 Å². The molecule has 0 aliphatic heterocycles. The Labute approximate surface area is 494 Å². The molecule has 0 heterocycles. The summed E-state index contributed by atoms with van der Waals surface area (Å²) in [6.07, 6.45) is 87.0. The number of carbonyl (C=O) groups excluding carboxylic acids is 2. The second kappa shape index (κ2) is 68.8. The van der Waals surface area contributed by atoms with Gasteiger partial charge in [-0.25, -0.2) is 0 Å². The topological polar surface area (TPSA) is 95.9 Å². The number of allylic oxidation sites excluding steroid dienone is 3. The monoisotopic (exact) mass is 1110 g/mol. The highest BCUT2D eigenvalue weighted by Gasteiger charge is 2.18. The first-order chi connectivity index (χ1) is 39.0. The van der Waals surface area contributed by atoms with Crippen molar-refractivity contribution in [2.45, 2.75) is 418 Å². The second-order valence-corrected chi connectivity index (χ2v) is 24.9. The van der Waals surface area contributed by atoms with Crippen LogP contribution in [0.25, 0.3) is 0 Å². The summed E-state index contributed by atoms with van der Waals surface area (Å²) in [6.45, 7) is 4.93. The van der Waals surface area contributed by atoms with Gasteiger partial charge in [-0.2, -0.15) is 0 Å². The van der Waals surface area contributed by atoms with Crippen molar-refractivity contribution in [2.24, 2.45) is 0 Å². The van der Waals surface area contributed by atoms with Gasteiger partial charge in [0.05, 0.1) is 25.4 Å². The standard InChI is InChI=1S/C73H141NO5/c1-3-5-7-9-11-13-15-17-19-20-36-39-43-47-51-55-59-63-67-73(78)79-68-64-60-56-52-48-44-40-37-34-32-30-28-26-24-22-21-23-25-27-29-31-33-35-38-42-46-50-54-58-62-66-72(77)74-70(69-75)71(76)65-61-57-53-49-45-41-18-16-14-12-10-8-6-4-2/h19-20,61,65,70-71,75-76H,3-18,21-60,62-64,66-69H2,1-2H3,(H,74,77)/b20-19-,65-61+. The molecule has 0 bridgehead atoms. The van der Waals surface area contributed by atoms with Crippen LogP contribution in [-0.2, 0) is 14.3 Å². The molecule has 2 unspecified atom stereocenters. The van der Waals surface area contributed by atoms with E-state index in [0.717, 1.165) is 44.9 Å². The third-order valence-electron chi connectivity index (χ3n) is 17.0. The fourth-order valence-corrected chi connectivity index (χ4v) is 11.5. The minimum atomic E-state index is -0.841.